The molecular weight excluding hydrogens is 322 g/mol. The van der Waals surface area contributed by atoms with Crippen LogP contribution < -0.4 is 10.1 Å². The summed E-state index contributed by atoms with van der Waals surface area (Å²) < 4.78 is 7.06. The predicted octanol–water partition coefficient (Wildman–Crippen LogP) is 2.61. The fourth-order valence-corrected chi connectivity index (χ4v) is 3.17. The number of aromatic nitrogens is 3. The van der Waals surface area contributed by atoms with E-state index in [1.54, 1.807) is 30.5 Å². The van der Waals surface area contributed by atoms with Gasteiger partial charge in [0.05, 0.1) is 10.8 Å². The minimum Gasteiger partial charge on any atom is -0.461 e. The molecule has 0 aliphatic carbocycles. The number of thiazole rings is 1. The first-order chi connectivity index (χ1) is 10.7. The Morgan fingerprint density at radius 2 is 2.09 bits per heavy atom. The van der Waals surface area contributed by atoms with Crippen molar-refractivity contribution in [1.82, 2.24) is 14.6 Å². The van der Waals surface area contributed by atoms with Gasteiger partial charge < -0.3 is 4.42 Å². The van der Waals surface area contributed by atoms with E-state index < -0.39 is 0 Å². The third-order valence-electron chi connectivity index (χ3n) is 3.12. The molecule has 0 fully saturated rings. The van der Waals surface area contributed by atoms with E-state index in [0.29, 0.717) is 26.1 Å². The van der Waals surface area contributed by atoms with E-state index in [2.05, 4.69) is 10.1 Å². The highest BCUT2D eigenvalue weighted by atomic mass is 35.5. The second kappa shape index (κ2) is 5.08. The summed E-state index contributed by atoms with van der Waals surface area (Å²) in [5, 5.41) is 4.79. The molecule has 0 unspecified atom stereocenters. The van der Waals surface area contributed by atoms with Crippen LogP contribution >= 0.6 is 22.9 Å². The second-order valence-corrected chi connectivity index (χ2v) is 5.96. The minimum atomic E-state index is -0.217. The van der Waals surface area contributed by atoms with E-state index in [4.69, 9.17) is 16.0 Å². The number of benzene rings is 1. The highest BCUT2D eigenvalue weighted by Crippen LogP contribution is 2.17. The van der Waals surface area contributed by atoms with Gasteiger partial charge in [0.15, 0.2) is 5.76 Å². The van der Waals surface area contributed by atoms with Crippen molar-refractivity contribution in [3.05, 3.63) is 68.1 Å². The Labute approximate surface area is 133 Å². The number of hydrogen-bond donors (Lipinski definition) is 0. The standard InChI is InChI=1S/C15H8ClN3O2S/c16-10-5-2-1-4-9(10)8-12-14(20)19-15(22-12)17-13(18-19)11-6-3-7-21-11/h1-8H/b12-8-. The van der Waals surface area contributed by atoms with E-state index in [1.165, 1.54) is 15.9 Å². The Balaban J connectivity index is 1.88. The van der Waals surface area contributed by atoms with Gasteiger partial charge >= 0.3 is 0 Å². The molecule has 0 saturated carbocycles. The molecular formula is C15H8ClN3O2S. The molecule has 0 atom stereocenters. The molecule has 0 saturated heterocycles. The van der Waals surface area contributed by atoms with Gasteiger partial charge in [-0.25, -0.2) is 0 Å². The highest BCUT2D eigenvalue weighted by Gasteiger charge is 2.13. The molecule has 1 aromatic carbocycles. The lowest BCUT2D eigenvalue weighted by molar-refractivity contribution is 0.577. The quantitative estimate of drug-likeness (QED) is 0.567. The van der Waals surface area contributed by atoms with Crippen molar-refractivity contribution in [2.45, 2.75) is 0 Å². The zero-order valence-electron chi connectivity index (χ0n) is 11.1. The van der Waals surface area contributed by atoms with Gasteiger partial charge in [0.1, 0.15) is 0 Å². The van der Waals surface area contributed by atoms with Crippen molar-refractivity contribution < 1.29 is 4.42 Å². The lowest BCUT2D eigenvalue weighted by Gasteiger charge is -1.94. The van der Waals surface area contributed by atoms with Gasteiger partial charge in [-0.15, -0.1) is 5.10 Å². The molecule has 7 heteroatoms. The Bertz CT molecular complexity index is 1070. The Kier molecular flexibility index (Phi) is 3.06. The Morgan fingerprint density at radius 1 is 1.23 bits per heavy atom. The van der Waals surface area contributed by atoms with Crippen LogP contribution in [0.25, 0.3) is 22.6 Å². The molecule has 4 aromatic rings. The first kappa shape index (κ1) is 13.2. The second-order valence-electron chi connectivity index (χ2n) is 4.54. The summed E-state index contributed by atoms with van der Waals surface area (Å²) in [6, 6.07) is 10.8. The minimum absolute atomic E-state index is 0.217. The molecule has 0 N–H and O–H groups in total. The molecule has 4 rings (SSSR count). The monoisotopic (exact) mass is 329 g/mol. The average Bonchev–Trinajstić information content (AvgIpc) is 3.20. The lowest BCUT2D eigenvalue weighted by Crippen LogP contribution is -2.23. The first-order valence-electron chi connectivity index (χ1n) is 6.42. The Hall–Kier alpha value is -2.44. The van der Waals surface area contributed by atoms with Gasteiger partial charge in [-0.1, -0.05) is 41.1 Å². The molecule has 0 amide bonds. The van der Waals surface area contributed by atoms with Crippen LogP contribution in [-0.2, 0) is 0 Å². The van der Waals surface area contributed by atoms with Crippen LogP contribution in [0.4, 0.5) is 0 Å². The van der Waals surface area contributed by atoms with Crippen LogP contribution in [0.1, 0.15) is 5.56 Å². The number of hydrogen-bond acceptors (Lipinski definition) is 5. The summed E-state index contributed by atoms with van der Waals surface area (Å²) in [4.78, 5) is 17.2. The van der Waals surface area contributed by atoms with Crippen LogP contribution in [0.3, 0.4) is 0 Å². The summed E-state index contributed by atoms with van der Waals surface area (Å²) in [6.45, 7) is 0. The molecule has 0 radical (unpaired) electrons. The molecule has 0 aliphatic heterocycles. The molecule has 0 spiro atoms. The van der Waals surface area contributed by atoms with Crippen molar-refractivity contribution in [3.63, 3.8) is 0 Å². The first-order valence-corrected chi connectivity index (χ1v) is 7.61. The zero-order valence-corrected chi connectivity index (χ0v) is 12.6. The summed E-state index contributed by atoms with van der Waals surface area (Å²) in [5.41, 5.74) is 0.572. The summed E-state index contributed by atoms with van der Waals surface area (Å²) in [7, 11) is 0. The molecule has 5 nitrogen and oxygen atoms in total. The number of fused-ring (bicyclic) bond motifs is 1. The van der Waals surface area contributed by atoms with E-state index in [0.717, 1.165) is 5.56 Å². The van der Waals surface area contributed by atoms with E-state index in [9.17, 15) is 4.79 Å². The molecule has 3 heterocycles. The van der Waals surface area contributed by atoms with Crippen molar-refractivity contribution >= 4 is 34.0 Å². The molecule has 108 valence electrons. The highest BCUT2D eigenvalue weighted by molar-refractivity contribution is 7.15. The van der Waals surface area contributed by atoms with Crippen molar-refractivity contribution in [3.8, 4) is 11.6 Å². The third-order valence-corrected chi connectivity index (χ3v) is 4.42. The summed E-state index contributed by atoms with van der Waals surface area (Å²) >= 11 is 7.38. The maximum atomic E-state index is 12.4. The lowest BCUT2D eigenvalue weighted by atomic mass is 10.2. The van der Waals surface area contributed by atoms with Crippen LogP contribution in [0.15, 0.2) is 51.9 Å². The maximum absolute atomic E-state index is 12.4. The van der Waals surface area contributed by atoms with Gasteiger partial charge in [-0.05, 0) is 29.8 Å². The smallest absolute Gasteiger partial charge is 0.291 e. The summed E-state index contributed by atoms with van der Waals surface area (Å²) in [5.74, 6) is 0.935. The van der Waals surface area contributed by atoms with Gasteiger partial charge in [0.2, 0.25) is 10.8 Å². The molecule has 0 aliphatic rings. The van der Waals surface area contributed by atoms with Crippen LogP contribution in [0.2, 0.25) is 5.02 Å². The van der Waals surface area contributed by atoms with Crippen molar-refractivity contribution in [2.24, 2.45) is 0 Å². The van der Waals surface area contributed by atoms with Crippen LogP contribution in [0.5, 0.6) is 0 Å². The number of rotatable bonds is 2. The van der Waals surface area contributed by atoms with Gasteiger partial charge in [0.25, 0.3) is 5.56 Å². The number of furan rings is 1. The number of halogens is 1. The molecule has 3 aromatic heterocycles. The number of nitrogens with zero attached hydrogens (tertiary/aromatic N) is 3. The van der Waals surface area contributed by atoms with Crippen LogP contribution in [0, 0.1) is 0 Å². The fourth-order valence-electron chi connectivity index (χ4n) is 2.08. The maximum Gasteiger partial charge on any atom is 0.291 e. The topological polar surface area (TPSA) is 60.4 Å². The van der Waals surface area contributed by atoms with Crippen LogP contribution in [-0.4, -0.2) is 14.6 Å². The Morgan fingerprint density at radius 3 is 2.82 bits per heavy atom. The van der Waals surface area contributed by atoms with Gasteiger partial charge in [0, 0.05) is 5.02 Å². The fraction of sp³-hybridized carbons (Fsp3) is 0. The molecule has 0 bridgehead atoms. The van der Waals surface area contributed by atoms with E-state index >= 15 is 0 Å². The zero-order chi connectivity index (χ0) is 15.1. The summed E-state index contributed by atoms with van der Waals surface area (Å²) in [6.07, 6.45) is 3.29. The molecule has 22 heavy (non-hydrogen) atoms. The SMILES string of the molecule is O=c1/c(=C/c2ccccc2Cl)sc2nc(-c3ccco3)nn12. The van der Waals surface area contributed by atoms with Gasteiger partial charge in [-0.2, -0.15) is 9.50 Å². The predicted molar refractivity (Wildman–Crippen MR) is 85.1 cm³/mol. The van der Waals surface area contributed by atoms with Crippen molar-refractivity contribution in [1.29, 1.82) is 0 Å². The normalized spacial score (nSPS) is 12.3. The van der Waals surface area contributed by atoms with Crippen molar-refractivity contribution in [2.75, 3.05) is 0 Å². The van der Waals surface area contributed by atoms with Gasteiger partial charge in [-0.3, -0.25) is 4.79 Å². The van der Waals surface area contributed by atoms with E-state index in [-0.39, 0.29) is 5.56 Å². The third kappa shape index (κ3) is 2.13. The average molecular weight is 330 g/mol. The van der Waals surface area contributed by atoms with E-state index in [1.807, 2.05) is 18.2 Å². The largest absolute Gasteiger partial charge is 0.461 e.